The van der Waals surface area contributed by atoms with Gasteiger partial charge in [-0.15, -0.1) is 0 Å². The number of aromatic hydroxyl groups is 3. The molecule has 6 heterocycles. The maximum Gasteiger partial charge on any atom is 0.257 e. The number of aliphatic hydroxyl groups excluding tert-OH is 6. The minimum absolute atomic E-state index is 0.0535. The number of hydrogen-bond acceptors (Lipinski definition) is 26. The number of ether oxygens (including phenoxy) is 6. The molecule has 0 radical (unpaired) electrons. The molecule has 0 unspecified atom stereocenters. The monoisotopic (exact) mass is 1680 g/mol. The van der Waals surface area contributed by atoms with Gasteiger partial charge >= 0.3 is 0 Å². The third-order valence-corrected chi connectivity index (χ3v) is 24.4. The van der Waals surface area contributed by atoms with E-state index in [1.54, 1.807) is 6.92 Å². The van der Waals surface area contributed by atoms with E-state index in [9.17, 15) is 60.3 Å². The quantitative estimate of drug-likeness (QED) is 0.0300. The van der Waals surface area contributed by atoms with Crippen molar-refractivity contribution in [1.82, 2.24) is 26.6 Å². The molecule has 4 aliphatic carbocycles. The highest BCUT2D eigenvalue weighted by Gasteiger charge is 2.51. The predicted molar refractivity (Wildman–Crippen MR) is 427 cm³/mol. The molecule has 6 amide bonds. The zero-order valence-electron chi connectivity index (χ0n) is 65.6. The van der Waals surface area contributed by atoms with Gasteiger partial charge in [0.15, 0.2) is 40.3 Å². The number of nitrogens with one attached hydrogen (secondary N) is 5. The maximum absolute atomic E-state index is 16.6. The zero-order chi connectivity index (χ0) is 85.1. The van der Waals surface area contributed by atoms with Gasteiger partial charge in [0, 0.05) is 54.4 Å². The number of halogens is 2. The molecular formula is C86H99Cl2N7O24. The average molecular weight is 1690 g/mol. The molecule has 0 spiro atoms. The number of benzene rings is 6. The van der Waals surface area contributed by atoms with Gasteiger partial charge < -0.3 is 107 Å². The van der Waals surface area contributed by atoms with E-state index < -0.39 is 204 Å². The predicted octanol–water partition coefficient (Wildman–Crippen LogP) is 7.16. The maximum atomic E-state index is 16.6. The third kappa shape index (κ3) is 19.1. The molecule has 6 aromatic rings. The summed E-state index contributed by atoms with van der Waals surface area (Å²) in [6.45, 7) is 5.33. The molecule has 4 saturated carbocycles. The summed E-state index contributed by atoms with van der Waals surface area (Å²) >= 11 is 14.3. The lowest BCUT2D eigenvalue weighted by Crippen LogP contribution is -2.60. The smallest absolute Gasteiger partial charge is 0.257 e. The first-order chi connectivity index (χ1) is 56.9. The highest BCUT2D eigenvalue weighted by atomic mass is 35.5. The number of hydrogen-bond donors (Lipinski definition) is 16. The fraction of sp³-hybridized carbons (Fsp3) is 0.477. The van der Waals surface area contributed by atoms with Crippen molar-refractivity contribution >= 4 is 76.0 Å². The van der Waals surface area contributed by atoms with Crippen LogP contribution in [0, 0.1) is 47.3 Å². The largest absolute Gasteiger partial charge is 0.508 e. The Kier molecular flexibility index (Phi) is 27.2. The fourth-order valence-electron chi connectivity index (χ4n) is 17.9. The van der Waals surface area contributed by atoms with Crippen LogP contribution in [0.1, 0.15) is 173 Å². The highest BCUT2D eigenvalue weighted by Crippen LogP contribution is 2.58. The number of aliphatic hydroxyl groups is 6. The average Bonchev–Trinajstić information content (AvgIpc) is 0.753. The Morgan fingerprint density at radius 1 is 0.630 bits per heavy atom. The van der Waals surface area contributed by atoms with Gasteiger partial charge in [0.1, 0.15) is 89.5 Å². The summed E-state index contributed by atoms with van der Waals surface area (Å²) in [5, 5.41) is 118. The van der Waals surface area contributed by atoms with Crippen LogP contribution < -0.4 is 61.7 Å². The molecule has 10 aliphatic rings. The van der Waals surface area contributed by atoms with Crippen molar-refractivity contribution < 1.29 is 118 Å². The number of imide groups is 1. The lowest BCUT2D eigenvalue weighted by Gasteiger charge is -2.54. The Labute approximate surface area is 694 Å². The van der Waals surface area contributed by atoms with Gasteiger partial charge in [-0.2, -0.15) is 0 Å². The molecule has 119 heavy (non-hydrogen) atoms. The number of amides is 6. The van der Waals surface area contributed by atoms with Gasteiger partial charge in [-0.05, 0) is 207 Å². The molecule has 6 aliphatic heterocycles. The van der Waals surface area contributed by atoms with Gasteiger partial charge in [-0.25, -0.2) is 0 Å². The number of phenols is 3. The van der Waals surface area contributed by atoms with Gasteiger partial charge in [-0.1, -0.05) is 62.2 Å². The van der Waals surface area contributed by atoms with Crippen LogP contribution in [0.25, 0.3) is 11.1 Å². The van der Waals surface area contributed by atoms with E-state index in [1.165, 1.54) is 60.7 Å². The summed E-state index contributed by atoms with van der Waals surface area (Å²) < 4.78 is 37.4. The first-order valence-corrected chi connectivity index (χ1v) is 41.0. The summed E-state index contributed by atoms with van der Waals surface area (Å²) in [5.41, 5.74) is 9.65. The van der Waals surface area contributed by atoms with Crippen molar-refractivity contribution in [3.8, 4) is 68.6 Å². The Bertz CT molecular complexity index is 4840. The first-order valence-electron chi connectivity index (χ1n) is 40.2. The SMILES string of the molecule is CC[C@H](CC(C)C)C(=O)N[C@H]1C(=O)C[C@@H](CC(=O)NC(=O)c2ccc(OCCCN)c(OCCCN)c2)C(=O)N[C@H]2C(=O)C[C@H]3C(=O)N[C@H](C(=O)N[C@H](C(=O)CC4C5CC6CC(C5)CC4C6)c4cc(O)cc(O)c4-c4cc3ccc4O)[C@H](O)c3ccc(c(Cl)c3)Oc3cc2cc(c3O[C@@H]2O[C@H](CO)[C@@H](O)[C@H](O)[C@H]2O)Oc2ccc(cc2Cl)[C@H]1O. The molecule has 14 atom stereocenters. The van der Waals surface area contributed by atoms with E-state index in [4.69, 9.17) is 63.1 Å². The molecular weight excluding hydrogens is 1590 g/mol. The van der Waals surface area contributed by atoms with Crippen molar-refractivity contribution in [2.75, 3.05) is 32.9 Å². The lowest BCUT2D eigenvalue weighted by atomic mass is 9.51. The zero-order valence-corrected chi connectivity index (χ0v) is 67.1. The van der Waals surface area contributed by atoms with E-state index in [-0.39, 0.29) is 128 Å². The second-order valence-electron chi connectivity index (χ2n) is 32.5. The van der Waals surface area contributed by atoms with Crippen molar-refractivity contribution in [3.63, 3.8) is 0 Å². The van der Waals surface area contributed by atoms with Crippen LogP contribution in [0.15, 0.2) is 97.1 Å². The summed E-state index contributed by atoms with van der Waals surface area (Å²) in [4.78, 5) is 140. The first kappa shape index (κ1) is 86.8. The number of nitrogens with two attached hydrogens (primary N) is 2. The molecule has 33 heteroatoms. The Hall–Kier alpha value is -10.0. The fourth-order valence-corrected chi connectivity index (χ4v) is 18.3. The molecule has 18 N–H and O–H groups in total. The lowest BCUT2D eigenvalue weighted by molar-refractivity contribution is -0.277. The molecule has 636 valence electrons. The highest BCUT2D eigenvalue weighted by molar-refractivity contribution is 6.32. The van der Waals surface area contributed by atoms with Gasteiger partial charge in [-0.3, -0.25) is 48.5 Å². The van der Waals surface area contributed by atoms with Gasteiger partial charge in [0.05, 0.1) is 41.7 Å². The second-order valence-corrected chi connectivity index (χ2v) is 33.3. The standard InChI is InChI=1S/C86H99Cl2N7O24/c1-4-41(19-38(2)3)81(109)94-73-59(100)28-49(32-69(103)91-82(110)45-10-14-64(114-17-5-15-89)65(29-45)115-18-6-16-90)83(111)92-71-48-30-66(116-62-12-8-43(75(73)104)26-55(62)87)80(119-86-79(108)78(107)77(106)68(37-96)118-86)67(31-48)117-63-13-9-44(27-56(63)88)76(105)74-85(113)93-72(61(102)35-51-46-21-39-20-40(23-46)24-47(51)22-39)54-33-50(97)34-58(99)70(54)53-25-42(7-11-57(53)98)52(36-60(71)101)84(112)95-74/h7-14,25-27,29-31,33-34,38-41,46-47,49,51-52,68,71-79,86,96-99,104-108H,4-6,15-24,28,32,35-37,89-90H2,1-3H3,(H,92,111)(H,93,113)(H,94,109)(H,95,112)(H,91,103,110)/t39?,40?,41-,46?,47?,49+,51?,52-,68-,71-,72+,73+,74+,75-,76-,77-,78+,79-,86+/m1/s1. The number of rotatable bonds is 22. The van der Waals surface area contributed by atoms with Crippen LogP contribution >= 0.6 is 23.2 Å². The molecule has 0 aromatic heterocycles. The van der Waals surface area contributed by atoms with E-state index >= 15 is 28.8 Å². The Morgan fingerprint density at radius 2 is 1.26 bits per heavy atom. The number of phenolic OH excluding ortho intramolecular Hbond substituents is 3. The molecule has 15 bridgehead atoms. The molecule has 31 nitrogen and oxygen atoms in total. The topological polar surface area (TPSA) is 503 Å². The molecule has 5 fully saturated rings. The van der Waals surface area contributed by atoms with Crippen LogP contribution in [0.2, 0.25) is 10.0 Å². The van der Waals surface area contributed by atoms with Crippen molar-refractivity contribution in [1.29, 1.82) is 0 Å². The minimum atomic E-state index is -2.25. The van der Waals surface area contributed by atoms with Crippen LogP contribution in [0.5, 0.6) is 57.5 Å². The Balaban J connectivity index is 0.992. The minimum Gasteiger partial charge on any atom is -0.508 e. The van der Waals surface area contributed by atoms with Gasteiger partial charge in [0.2, 0.25) is 41.6 Å². The summed E-state index contributed by atoms with van der Waals surface area (Å²) in [6.07, 6.45) is -11.2. The second kappa shape index (κ2) is 37.3. The van der Waals surface area contributed by atoms with Crippen molar-refractivity contribution in [2.45, 2.75) is 177 Å². The van der Waals surface area contributed by atoms with Gasteiger partial charge in [0.25, 0.3) is 5.91 Å². The van der Waals surface area contributed by atoms with E-state index in [1.807, 2.05) is 13.8 Å². The number of Topliss-reactive ketones (excluding diaryl/α,β-unsaturated/α-hetero) is 3. The number of carbonyl (C=O) groups excluding carboxylic acids is 9. The van der Waals surface area contributed by atoms with E-state index in [0.29, 0.717) is 37.6 Å². The van der Waals surface area contributed by atoms with Crippen LogP contribution in [0.3, 0.4) is 0 Å². The molecule has 16 rings (SSSR count). The summed E-state index contributed by atoms with van der Waals surface area (Å²) in [5.74, 6) is -17.1. The normalized spacial score (nSPS) is 27.5. The summed E-state index contributed by atoms with van der Waals surface area (Å²) in [7, 11) is 0. The van der Waals surface area contributed by atoms with Crippen LogP contribution in [0.4, 0.5) is 0 Å². The molecule has 6 aromatic carbocycles. The Morgan fingerprint density at radius 3 is 1.87 bits per heavy atom. The van der Waals surface area contributed by atoms with E-state index in [2.05, 4.69) is 26.6 Å². The van der Waals surface area contributed by atoms with Crippen LogP contribution in [-0.4, -0.2) is 174 Å². The van der Waals surface area contributed by atoms with Crippen molar-refractivity contribution in [3.05, 3.63) is 140 Å². The number of carbonyl (C=O) groups is 9. The number of fused-ring (bicyclic) bond motifs is 15. The molecule has 1 saturated heterocycles. The van der Waals surface area contributed by atoms with E-state index in [0.717, 1.165) is 68.5 Å². The number of ketones is 3. The summed E-state index contributed by atoms with van der Waals surface area (Å²) in [6, 6.07) is 11.0. The van der Waals surface area contributed by atoms with Crippen molar-refractivity contribution in [2.24, 2.45) is 58.8 Å². The third-order valence-electron chi connectivity index (χ3n) is 23.8. The van der Waals surface area contributed by atoms with Crippen LogP contribution in [-0.2, 0) is 43.1 Å².